The molecule has 0 atom stereocenters. The van der Waals surface area contributed by atoms with E-state index in [-0.39, 0.29) is 5.91 Å². The maximum absolute atomic E-state index is 11.1. The Balaban J connectivity index is 1.81. The Hall–Kier alpha value is -1.58. The maximum atomic E-state index is 11.1. The molecule has 2 N–H and O–H groups in total. The van der Waals surface area contributed by atoms with E-state index < -0.39 is 0 Å². The largest absolute Gasteiger partial charge is 0.370 e. The van der Waals surface area contributed by atoms with E-state index in [1.165, 1.54) is 12.0 Å². The van der Waals surface area contributed by atoms with E-state index in [1.807, 2.05) is 6.92 Å². The Kier molecular flexibility index (Phi) is 4.56. The summed E-state index contributed by atoms with van der Waals surface area (Å²) >= 11 is 0. The predicted molar refractivity (Wildman–Crippen MR) is 72.7 cm³/mol. The molecular formula is C14H21N3O. The molecule has 0 saturated carbocycles. The predicted octanol–water partition coefficient (Wildman–Crippen LogP) is 1.90. The standard InChI is InChI=1S/C14H21N3O/c1-2-13(18)15-9-4-6-12-8-7-11-5-3-10-16-14(11)17-12/h7-8H,2-6,9-10H2,1H3,(H,15,18)(H,16,17). The van der Waals surface area contributed by atoms with Crippen molar-refractivity contribution in [3.8, 4) is 0 Å². The summed E-state index contributed by atoms with van der Waals surface area (Å²) in [5.74, 6) is 1.17. The number of carbonyl (C=O) groups excluding carboxylic acids is 1. The molecule has 18 heavy (non-hydrogen) atoms. The van der Waals surface area contributed by atoms with Crippen LogP contribution in [0.25, 0.3) is 0 Å². The molecule has 0 aliphatic carbocycles. The molecule has 1 aliphatic rings. The van der Waals surface area contributed by atoms with Crippen molar-refractivity contribution in [2.75, 3.05) is 18.4 Å². The molecule has 0 saturated heterocycles. The Morgan fingerprint density at radius 3 is 3.22 bits per heavy atom. The minimum atomic E-state index is 0.120. The SMILES string of the molecule is CCC(=O)NCCCc1ccc2c(n1)NCCC2. The van der Waals surface area contributed by atoms with Gasteiger partial charge in [0.25, 0.3) is 0 Å². The van der Waals surface area contributed by atoms with Gasteiger partial charge in [-0.25, -0.2) is 4.98 Å². The van der Waals surface area contributed by atoms with Crippen molar-refractivity contribution in [1.29, 1.82) is 0 Å². The molecule has 98 valence electrons. The first-order valence-electron chi connectivity index (χ1n) is 6.79. The average molecular weight is 247 g/mol. The highest BCUT2D eigenvalue weighted by molar-refractivity contribution is 5.75. The number of nitrogens with one attached hydrogen (secondary N) is 2. The van der Waals surface area contributed by atoms with E-state index in [4.69, 9.17) is 0 Å². The number of hydrogen-bond donors (Lipinski definition) is 2. The summed E-state index contributed by atoms with van der Waals surface area (Å²) in [6.45, 7) is 3.63. The highest BCUT2D eigenvalue weighted by Gasteiger charge is 2.09. The van der Waals surface area contributed by atoms with E-state index in [1.54, 1.807) is 0 Å². The van der Waals surface area contributed by atoms with Crippen molar-refractivity contribution in [3.05, 3.63) is 23.4 Å². The molecule has 1 amide bonds. The van der Waals surface area contributed by atoms with Gasteiger partial charge in [0, 0.05) is 25.2 Å². The third kappa shape index (κ3) is 3.45. The Labute approximate surface area is 108 Å². The van der Waals surface area contributed by atoms with E-state index in [0.717, 1.165) is 43.9 Å². The second kappa shape index (κ2) is 6.38. The van der Waals surface area contributed by atoms with Crippen LogP contribution in [-0.2, 0) is 17.6 Å². The van der Waals surface area contributed by atoms with Crippen LogP contribution < -0.4 is 10.6 Å². The van der Waals surface area contributed by atoms with Crippen LogP contribution in [-0.4, -0.2) is 24.0 Å². The van der Waals surface area contributed by atoms with Gasteiger partial charge < -0.3 is 10.6 Å². The van der Waals surface area contributed by atoms with Gasteiger partial charge in [-0.05, 0) is 37.3 Å². The number of rotatable bonds is 5. The van der Waals surface area contributed by atoms with E-state index in [0.29, 0.717) is 6.42 Å². The maximum Gasteiger partial charge on any atom is 0.219 e. The first-order chi connectivity index (χ1) is 8.79. The molecule has 1 aromatic heterocycles. The van der Waals surface area contributed by atoms with Crippen molar-refractivity contribution < 1.29 is 4.79 Å². The Morgan fingerprint density at radius 1 is 1.50 bits per heavy atom. The fourth-order valence-corrected chi connectivity index (χ4v) is 2.13. The van der Waals surface area contributed by atoms with Crippen molar-refractivity contribution >= 4 is 11.7 Å². The third-order valence-electron chi connectivity index (χ3n) is 3.20. The lowest BCUT2D eigenvalue weighted by Crippen LogP contribution is -2.23. The average Bonchev–Trinajstić information content (AvgIpc) is 2.43. The minimum absolute atomic E-state index is 0.120. The van der Waals surface area contributed by atoms with Crippen LogP contribution in [0, 0.1) is 0 Å². The van der Waals surface area contributed by atoms with Crippen LogP contribution in [0.1, 0.15) is 37.4 Å². The molecule has 0 fully saturated rings. The molecule has 0 aromatic carbocycles. The van der Waals surface area contributed by atoms with Gasteiger partial charge in [-0.2, -0.15) is 0 Å². The molecule has 4 nitrogen and oxygen atoms in total. The van der Waals surface area contributed by atoms with Crippen LogP contribution in [0.15, 0.2) is 12.1 Å². The van der Waals surface area contributed by atoms with Gasteiger partial charge in [-0.3, -0.25) is 4.79 Å². The van der Waals surface area contributed by atoms with Gasteiger partial charge in [0.05, 0.1) is 0 Å². The van der Waals surface area contributed by atoms with Crippen molar-refractivity contribution in [2.24, 2.45) is 0 Å². The molecule has 0 spiro atoms. The van der Waals surface area contributed by atoms with Crippen LogP contribution in [0.2, 0.25) is 0 Å². The summed E-state index contributed by atoms with van der Waals surface area (Å²) in [7, 11) is 0. The smallest absolute Gasteiger partial charge is 0.219 e. The van der Waals surface area contributed by atoms with Gasteiger partial charge in [0.1, 0.15) is 5.82 Å². The molecule has 2 heterocycles. The highest BCUT2D eigenvalue weighted by atomic mass is 16.1. The Bertz CT molecular complexity index is 418. The number of hydrogen-bond acceptors (Lipinski definition) is 3. The number of amides is 1. The molecule has 0 bridgehead atoms. The highest BCUT2D eigenvalue weighted by Crippen LogP contribution is 2.19. The molecule has 1 aromatic rings. The van der Waals surface area contributed by atoms with Crippen molar-refractivity contribution in [3.63, 3.8) is 0 Å². The number of fused-ring (bicyclic) bond motifs is 1. The lowest BCUT2D eigenvalue weighted by Gasteiger charge is -2.17. The first kappa shape index (κ1) is 12.9. The van der Waals surface area contributed by atoms with Gasteiger partial charge in [0.15, 0.2) is 0 Å². The van der Waals surface area contributed by atoms with E-state index in [2.05, 4.69) is 27.8 Å². The molecule has 0 radical (unpaired) electrons. The van der Waals surface area contributed by atoms with Gasteiger partial charge >= 0.3 is 0 Å². The molecule has 1 aliphatic heterocycles. The van der Waals surface area contributed by atoms with Crippen LogP contribution in [0.4, 0.5) is 5.82 Å². The van der Waals surface area contributed by atoms with E-state index >= 15 is 0 Å². The number of nitrogens with zero attached hydrogens (tertiary/aromatic N) is 1. The Morgan fingerprint density at radius 2 is 2.39 bits per heavy atom. The fourth-order valence-electron chi connectivity index (χ4n) is 2.13. The zero-order valence-electron chi connectivity index (χ0n) is 11.0. The zero-order valence-corrected chi connectivity index (χ0v) is 11.0. The topological polar surface area (TPSA) is 54.0 Å². The summed E-state index contributed by atoms with van der Waals surface area (Å²) in [6.07, 6.45) is 4.73. The number of carbonyl (C=O) groups is 1. The molecule has 0 unspecified atom stereocenters. The lowest BCUT2D eigenvalue weighted by atomic mass is 10.1. The number of anilines is 1. The third-order valence-corrected chi connectivity index (χ3v) is 3.20. The van der Waals surface area contributed by atoms with Crippen LogP contribution in [0.3, 0.4) is 0 Å². The van der Waals surface area contributed by atoms with E-state index in [9.17, 15) is 4.79 Å². The molecule has 4 heteroatoms. The fraction of sp³-hybridized carbons (Fsp3) is 0.571. The summed E-state index contributed by atoms with van der Waals surface area (Å²) in [5.41, 5.74) is 2.43. The van der Waals surface area contributed by atoms with Crippen LogP contribution in [0.5, 0.6) is 0 Å². The number of aryl methyl sites for hydroxylation is 2. The monoisotopic (exact) mass is 247 g/mol. The second-order valence-corrected chi connectivity index (χ2v) is 4.65. The van der Waals surface area contributed by atoms with Crippen LogP contribution >= 0.6 is 0 Å². The number of aromatic nitrogens is 1. The lowest BCUT2D eigenvalue weighted by molar-refractivity contribution is -0.120. The van der Waals surface area contributed by atoms with Gasteiger partial charge in [0.2, 0.25) is 5.91 Å². The summed E-state index contributed by atoms with van der Waals surface area (Å²) in [6, 6.07) is 4.28. The normalized spacial score (nSPS) is 13.6. The second-order valence-electron chi connectivity index (χ2n) is 4.65. The zero-order chi connectivity index (χ0) is 12.8. The van der Waals surface area contributed by atoms with Crippen molar-refractivity contribution in [2.45, 2.75) is 39.0 Å². The first-order valence-corrected chi connectivity index (χ1v) is 6.79. The summed E-state index contributed by atoms with van der Waals surface area (Å²) < 4.78 is 0. The molecular weight excluding hydrogens is 226 g/mol. The summed E-state index contributed by atoms with van der Waals surface area (Å²) in [5, 5.41) is 6.22. The van der Waals surface area contributed by atoms with Crippen molar-refractivity contribution in [1.82, 2.24) is 10.3 Å². The number of pyridine rings is 1. The van der Waals surface area contributed by atoms with Gasteiger partial charge in [-0.1, -0.05) is 13.0 Å². The van der Waals surface area contributed by atoms with Gasteiger partial charge in [-0.15, -0.1) is 0 Å². The molecule has 2 rings (SSSR count). The quantitative estimate of drug-likeness (QED) is 0.781. The summed E-state index contributed by atoms with van der Waals surface area (Å²) in [4.78, 5) is 15.7. The minimum Gasteiger partial charge on any atom is -0.370 e.